The number of methoxy groups -OCH3 is 1. The summed E-state index contributed by atoms with van der Waals surface area (Å²) in [5.41, 5.74) is 0.00306. The zero-order valence-electron chi connectivity index (χ0n) is 13.8. The highest BCUT2D eigenvalue weighted by atomic mass is 32.2. The summed E-state index contributed by atoms with van der Waals surface area (Å²) in [6.07, 6.45) is -0.707. The Morgan fingerprint density at radius 3 is 2.54 bits per heavy atom. The van der Waals surface area contributed by atoms with Gasteiger partial charge in [-0.25, -0.2) is 27.0 Å². The Balaban J connectivity index is 2.40. The molecule has 0 bridgehead atoms. The van der Waals surface area contributed by atoms with E-state index in [0.717, 1.165) is 25.5 Å². The third-order valence-corrected chi connectivity index (χ3v) is 5.01. The molecule has 0 fully saturated rings. The third kappa shape index (κ3) is 3.05. The number of halogens is 2. The maximum Gasteiger partial charge on any atom is 0.338 e. The van der Waals surface area contributed by atoms with Gasteiger partial charge in [-0.1, -0.05) is 12.1 Å². The molecule has 9 heteroatoms. The summed E-state index contributed by atoms with van der Waals surface area (Å²) in [5, 5.41) is 0. The first-order valence-corrected chi connectivity index (χ1v) is 9.30. The molecule has 0 atom stereocenters. The molecule has 26 heavy (non-hydrogen) atoms. The zero-order valence-corrected chi connectivity index (χ0v) is 14.6. The van der Waals surface area contributed by atoms with Crippen LogP contribution in [0.15, 0.2) is 47.6 Å². The number of hydrogen-bond donors (Lipinski definition) is 0. The molecule has 1 heterocycles. The predicted molar refractivity (Wildman–Crippen MR) is 90.5 cm³/mol. The Hall–Kier alpha value is -2.81. The first kappa shape index (κ1) is 18.0. The average molecular weight is 380 g/mol. The van der Waals surface area contributed by atoms with Gasteiger partial charge in [0.1, 0.15) is 6.33 Å². The number of hydrogen-bond acceptors (Lipinski definition) is 5. The van der Waals surface area contributed by atoms with Gasteiger partial charge in [-0.3, -0.25) is 4.57 Å². The predicted octanol–water partition coefficient (Wildman–Crippen LogP) is 3.15. The summed E-state index contributed by atoms with van der Waals surface area (Å²) < 4.78 is 57.4. The van der Waals surface area contributed by atoms with Crippen molar-refractivity contribution in [2.24, 2.45) is 0 Å². The Morgan fingerprint density at radius 1 is 1.23 bits per heavy atom. The van der Waals surface area contributed by atoms with Gasteiger partial charge in [0.15, 0.2) is 9.84 Å². The Kier molecular flexibility index (Phi) is 4.49. The van der Waals surface area contributed by atoms with E-state index in [9.17, 15) is 22.0 Å². The minimum Gasteiger partial charge on any atom is -0.465 e. The number of nitrogens with zero attached hydrogens (tertiary/aromatic N) is 2. The van der Waals surface area contributed by atoms with Crippen molar-refractivity contribution >= 4 is 26.8 Å². The number of fused-ring (bicyclic) bond motifs is 1. The van der Waals surface area contributed by atoms with Gasteiger partial charge in [0.25, 0.3) is 6.43 Å². The summed E-state index contributed by atoms with van der Waals surface area (Å²) in [5.74, 6) is -1.03. The van der Waals surface area contributed by atoms with Crippen LogP contribution in [0.5, 0.6) is 0 Å². The van der Waals surface area contributed by atoms with Crippen LogP contribution in [-0.4, -0.2) is 37.3 Å². The van der Waals surface area contributed by atoms with E-state index in [4.69, 9.17) is 0 Å². The second kappa shape index (κ2) is 6.49. The van der Waals surface area contributed by atoms with Crippen LogP contribution in [-0.2, 0) is 14.6 Å². The van der Waals surface area contributed by atoms with Crippen molar-refractivity contribution in [2.45, 2.75) is 11.3 Å². The van der Waals surface area contributed by atoms with Crippen LogP contribution < -0.4 is 0 Å². The summed E-state index contributed by atoms with van der Waals surface area (Å²) in [4.78, 5) is 15.7. The smallest absolute Gasteiger partial charge is 0.338 e. The van der Waals surface area contributed by atoms with Crippen molar-refractivity contribution in [1.82, 2.24) is 9.55 Å². The molecule has 136 valence electrons. The fourth-order valence-electron chi connectivity index (χ4n) is 2.69. The van der Waals surface area contributed by atoms with E-state index < -0.39 is 33.4 Å². The maximum atomic E-state index is 13.5. The molecule has 0 aliphatic rings. The molecule has 3 rings (SSSR count). The summed E-state index contributed by atoms with van der Waals surface area (Å²) >= 11 is 0. The molecule has 1 aromatic heterocycles. The SMILES string of the molecule is COC(=O)c1cc(S(C)(=O)=O)c(-n2cnc3ccccc32)cc1C(F)F. The van der Waals surface area contributed by atoms with E-state index in [1.54, 1.807) is 24.3 Å². The Bertz CT molecular complexity index is 1110. The fraction of sp³-hybridized carbons (Fsp3) is 0.176. The lowest BCUT2D eigenvalue weighted by atomic mass is 10.1. The first-order valence-electron chi connectivity index (χ1n) is 7.41. The average Bonchev–Trinajstić information content (AvgIpc) is 3.03. The van der Waals surface area contributed by atoms with Crippen LogP contribution >= 0.6 is 0 Å². The lowest BCUT2D eigenvalue weighted by Crippen LogP contribution is -2.12. The molecule has 0 saturated carbocycles. The molecule has 2 aromatic carbocycles. The molecule has 0 aliphatic heterocycles. The number of esters is 1. The van der Waals surface area contributed by atoms with Gasteiger partial charge in [0.2, 0.25) is 0 Å². The molecular formula is C17H14F2N2O4S. The monoisotopic (exact) mass is 380 g/mol. The highest BCUT2D eigenvalue weighted by molar-refractivity contribution is 7.90. The number of imidazole rings is 1. The third-order valence-electron chi connectivity index (χ3n) is 3.88. The maximum absolute atomic E-state index is 13.5. The fourth-order valence-corrected chi connectivity index (χ4v) is 3.56. The van der Waals surface area contributed by atoms with E-state index in [0.29, 0.717) is 11.0 Å². The lowest BCUT2D eigenvalue weighted by molar-refractivity contribution is 0.0589. The Morgan fingerprint density at radius 2 is 1.92 bits per heavy atom. The molecule has 3 aromatic rings. The lowest BCUT2D eigenvalue weighted by Gasteiger charge is -2.15. The molecule has 0 aliphatic carbocycles. The summed E-state index contributed by atoms with van der Waals surface area (Å²) in [6, 6.07) is 8.78. The topological polar surface area (TPSA) is 78.3 Å². The number of benzene rings is 2. The molecule has 0 spiro atoms. The van der Waals surface area contributed by atoms with Gasteiger partial charge in [0.05, 0.1) is 34.3 Å². The van der Waals surface area contributed by atoms with Crippen LogP contribution in [0.4, 0.5) is 8.78 Å². The quantitative estimate of drug-likeness (QED) is 0.650. The summed E-state index contributed by atoms with van der Waals surface area (Å²) in [7, 11) is -2.80. The highest BCUT2D eigenvalue weighted by Gasteiger charge is 2.26. The van der Waals surface area contributed by atoms with E-state index >= 15 is 0 Å². The number of aromatic nitrogens is 2. The number of alkyl halides is 2. The van der Waals surface area contributed by atoms with Crippen molar-refractivity contribution in [1.29, 1.82) is 0 Å². The minimum atomic E-state index is -3.84. The van der Waals surface area contributed by atoms with E-state index in [2.05, 4.69) is 9.72 Å². The highest BCUT2D eigenvalue weighted by Crippen LogP contribution is 2.32. The van der Waals surface area contributed by atoms with Gasteiger partial charge < -0.3 is 4.74 Å². The number of rotatable bonds is 4. The van der Waals surface area contributed by atoms with Crippen LogP contribution in [0.1, 0.15) is 22.3 Å². The van der Waals surface area contributed by atoms with Crippen LogP contribution in [0, 0.1) is 0 Å². The van der Waals surface area contributed by atoms with Gasteiger partial charge in [-0.2, -0.15) is 0 Å². The van der Waals surface area contributed by atoms with Crippen molar-refractivity contribution in [3.8, 4) is 5.69 Å². The minimum absolute atomic E-state index is 0.0100. The van der Waals surface area contributed by atoms with E-state index in [1.165, 1.54) is 10.9 Å². The molecule has 0 N–H and O–H groups in total. The Labute approximate surface area is 148 Å². The first-order chi connectivity index (χ1) is 12.2. The largest absolute Gasteiger partial charge is 0.465 e. The molecule has 0 amide bonds. The number of carbonyl (C=O) groups excluding carboxylic acids is 1. The number of ether oxygens (including phenoxy) is 1. The summed E-state index contributed by atoms with van der Waals surface area (Å²) in [6.45, 7) is 0. The number of sulfone groups is 1. The van der Waals surface area contributed by atoms with Gasteiger partial charge in [-0.05, 0) is 24.3 Å². The molecule has 0 unspecified atom stereocenters. The molecule has 0 radical (unpaired) electrons. The van der Waals surface area contributed by atoms with Crippen LogP contribution in [0.25, 0.3) is 16.7 Å². The van der Waals surface area contributed by atoms with Crippen LogP contribution in [0.3, 0.4) is 0 Å². The van der Waals surface area contributed by atoms with Gasteiger partial charge in [0, 0.05) is 11.8 Å². The molecular weight excluding hydrogens is 366 g/mol. The zero-order chi connectivity index (χ0) is 19.1. The van der Waals surface area contributed by atoms with Gasteiger partial charge >= 0.3 is 5.97 Å². The van der Waals surface area contributed by atoms with Crippen LogP contribution in [0.2, 0.25) is 0 Å². The molecule has 6 nitrogen and oxygen atoms in total. The standard InChI is InChI=1S/C17H14F2N2O4S/c1-25-17(22)11-8-15(26(2,23)24)14(7-10(11)16(18)19)21-9-20-12-5-3-4-6-13(12)21/h3-9,16H,1-2H3. The van der Waals surface area contributed by atoms with E-state index in [1.807, 2.05) is 0 Å². The second-order valence-corrected chi connectivity index (χ2v) is 7.56. The van der Waals surface area contributed by atoms with Crippen molar-refractivity contribution in [3.05, 3.63) is 53.9 Å². The normalized spacial score (nSPS) is 11.9. The number of para-hydroxylation sites is 2. The second-order valence-electron chi connectivity index (χ2n) is 5.57. The van der Waals surface area contributed by atoms with Crippen molar-refractivity contribution in [2.75, 3.05) is 13.4 Å². The molecule has 0 saturated heterocycles. The van der Waals surface area contributed by atoms with Gasteiger partial charge in [-0.15, -0.1) is 0 Å². The van der Waals surface area contributed by atoms with Crippen molar-refractivity contribution in [3.63, 3.8) is 0 Å². The van der Waals surface area contributed by atoms with Crippen molar-refractivity contribution < 1.29 is 26.7 Å². The van der Waals surface area contributed by atoms with E-state index in [-0.39, 0.29) is 10.6 Å². The number of carbonyl (C=O) groups is 1.